The van der Waals surface area contributed by atoms with E-state index >= 15 is 0 Å². The molecule has 1 atom stereocenters. The monoisotopic (exact) mass is 319 g/mol. The summed E-state index contributed by atoms with van der Waals surface area (Å²) in [6.07, 6.45) is 0. The summed E-state index contributed by atoms with van der Waals surface area (Å²) in [5.41, 5.74) is 5.97. The van der Waals surface area contributed by atoms with E-state index < -0.39 is 10.0 Å². The molecule has 1 rings (SSSR count). The summed E-state index contributed by atoms with van der Waals surface area (Å²) < 4.78 is 26.9. The number of hydrogen-bond donors (Lipinski definition) is 1. The number of nitrogen functional groups attached to an aromatic ring is 1. The normalized spacial score (nSPS) is 13.9. The van der Waals surface area contributed by atoms with E-state index in [0.717, 1.165) is 0 Å². The minimum absolute atomic E-state index is 0.106. The molecule has 7 heteroatoms. The van der Waals surface area contributed by atoms with Gasteiger partial charge >= 0.3 is 0 Å². The number of hydrogen-bond acceptors (Lipinski definition) is 4. The third kappa shape index (κ3) is 3.85. The zero-order valence-electron chi connectivity index (χ0n) is 12.3. The average molecular weight is 320 g/mol. The van der Waals surface area contributed by atoms with Crippen LogP contribution in [-0.2, 0) is 10.0 Å². The fourth-order valence-corrected chi connectivity index (χ4v) is 4.13. The highest BCUT2D eigenvalue weighted by molar-refractivity contribution is 7.89. The van der Waals surface area contributed by atoms with E-state index in [1.165, 1.54) is 22.5 Å². The van der Waals surface area contributed by atoms with Crippen LogP contribution in [0.25, 0.3) is 0 Å². The number of sulfonamides is 1. The predicted octanol–water partition coefficient (Wildman–Crippen LogP) is 1.88. The standard InChI is InChI=1S/C13H22ClN3O2S/c1-5-17(10(2)9-16(3)4)20(18,19)13-7-6-11(14)8-12(13)15/h6-8,10H,5,9,15H2,1-4H3. The molecule has 5 nitrogen and oxygen atoms in total. The van der Waals surface area contributed by atoms with Crippen LogP contribution in [0.3, 0.4) is 0 Å². The van der Waals surface area contributed by atoms with Gasteiger partial charge in [-0.25, -0.2) is 8.42 Å². The molecule has 0 aliphatic carbocycles. The van der Waals surface area contributed by atoms with Gasteiger partial charge in [-0.1, -0.05) is 18.5 Å². The van der Waals surface area contributed by atoms with Crippen molar-refractivity contribution in [3.05, 3.63) is 23.2 Å². The van der Waals surface area contributed by atoms with Gasteiger partial charge in [-0.3, -0.25) is 0 Å². The fourth-order valence-electron chi connectivity index (χ4n) is 2.22. The van der Waals surface area contributed by atoms with Crippen molar-refractivity contribution in [2.45, 2.75) is 24.8 Å². The van der Waals surface area contributed by atoms with Gasteiger partial charge in [0.15, 0.2) is 0 Å². The number of nitrogens with two attached hydrogens (primary N) is 1. The highest BCUT2D eigenvalue weighted by atomic mass is 35.5. The van der Waals surface area contributed by atoms with Crippen molar-refractivity contribution < 1.29 is 8.42 Å². The molecule has 1 aromatic rings. The quantitative estimate of drug-likeness (QED) is 0.813. The van der Waals surface area contributed by atoms with Crippen molar-refractivity contribution in [1.29, 1.82) is 0 Å². The van der Waals surface area contributed by atoms with Crippen LogP contribution in [0.5, 0.6) is 0 Å². The molecule has 114 valence electrons. The molecule has 1 unspecified atom stereocenters. The molecule has 20 heavy (non-hydrogen) atoms. The molecule has 0 bridgehead atoms. The topological polar surface area (TPSA) is 66.6 Å². The van der Waals surface area contributed by atoms with Crippen LogP contribution < -0.4 is 5.73 Å². The summed E-state index contributed by atoms with van der Waals surface area (Å²) in [4.78, 5) is 2.06. The molecule has 0 fully saturated rings. The Morgan fingerprint density at radius 2 is 1.95 bits per heavy atom. The lowest BCUT2D eigenvalue weighted by Gasteiger charge is -2.29. The van der Waals surface area contributed by atoms with E-state index in [1.54, 1.807) is 0 Å². The van der Waals surface area contributed by atoms with Crippen molar-refractivity contribution in [2.75, 3.05) is 32.9 Å². The van der Waals surface area contributed by atoms with E-state index in [1.807, 2.05) is 32.8 Å². The minimum atomic E-state index is -3.62. The lowest BCUT2D eigenvalue weighted by molar-refractivity contribution is 0.271. The van der Waals surface area contributed by atoms with E-state index in [-0.39, 0.29) is 16.6 Å². The van der Waals surface area contributed by atoms with Gasteiger partial charge in [0.2, 0.25) is 10.0 Å². The van der Waals surface area contributed by atoms with Crippen LogP contribution in [0.4, 0.5) is 5.69 Å². The Labute approximate surface area is 126 Å². The largest absolute Gasteiger partial charge is 0.398 e. The van der Waals surface area contributed by atoms with Crippen molar-refractivity contribution in [3.8, 4) is 0 Å². The molecular weight excluding hydrogens is 298 g/mol. The first kappa shape index (κ1) is 17.2. The summed E-state index contributed by atoms with van der Waals surface area (Å²) >= 11 is 5.82. The Bertz CT molecular complexity index is 561. The lowest BCUT2D eigenvalue weighted by Crippen LogP contribution is -2.43. The van der Waals surface area contributed by atoms with Crippen LogP contribution in [0.15, 0.2) is 23.1 Å². The predicted molar refractivity (Wildman–Crippen MR) is 83.4 cm³/mol. The molecule has 0 saturated carbocycles. The van der Waals surface area contributed by atoms with Crippen LogP contribution in [0.1, 0.15) is 13.8 Å². The van der Waals surface area contributed by atoms with Gasteiger partial charge in [0.05, 0.1) is 5.69 Å². The van der Waals surface area contributed by atoms with Gasteiger partial charge in [0.1, 0.15) is 4.90 Å². The number of anilines is 1. The summed E-state index contributed by atoms with van der Waals surface area (Å²) in [7, 11) is 0.200. The first-order valence-corrected chi connectivity index (χ1v) is 8.23. The van der Waals surface area contributed by atoms with Gasteiger partial charge in [-0.2, -0.15) is 4.31 Å². The van der Waals surface area contributed by atoms with E-state index in [0.29, 0.717) is 18.1 Å². The second-order valence-electron chi connectivity index (χ2n) is 5.00. The smallest absolute Gasteiger partial charge is 0.245 e. The van der Waals surface area contributed by atoms with E-state index in [9.17, 15) is 8.42 Å². The third-order valence-electron chi connectivity index (χ3n) is 2.99. The van der Waals surface area contributed by atoms with Crippen LogP contribution in [0, 0.1) is 0 Å². The van der Waals surface area contributed by atoms with Gasteiger partial charge in [0.25, 0.3) is 0 Å². The van der Waals surface area contributed by atoms with Crippen LogP contribution in [0.2, 0.25) is 5.02 Å². The highest BCUT2D eigenvalue weighted by Crippen LogP contribution is 2.26. The zero-order valence-corrected chi connectivity index (χ0v) is 13.9. The van der Waals surface area contributed by atoms with Crippen LogP contribution in [-0.4, -0.2) is 50.8 Å². The molecule has 0 spiro atoms. The molecule has 0 amide bonds. The Morgan fingerprint density at radius 3 is 2.40 bits per heavy atom. The maximum absolute atomic E-state index is 12.7. The van der Waals surface area contributed by atoms with Crippen molar-refractivity contribution in [2.24, 2.45) is 0 Å². The number of rotatable bonds is 6. The Morgan fingerprint density at radius 1 is 1.35 bits per heavy atom. The SMILES string of the molecule is CCN(C(C)CN(C)C)S(=O)(=O)c1ccc(Cl)cc1N. The van der Waals surface area contributed by atoms with Gasteiger partial charge < -0.3 is 10.6 Å². The average Bonchev–Trinajstić information content (AvgIpc) is 2.27. The zero-order chi connectivity index (χ0) is 15.5. The first-order valence-electron chi connectivity index (χ1n) is 6.41. The molecular formula is C13H22ClN3O2S. The second kappa shape index (κ2) is 6.76. The minimum Gasteiger partial charge on any atom is -0.398 e. The molecule has 0 aliphatic heterocycles. The van der Waals surface area contributed by atoms with E-state index in [2.05, 4.69) is 0 Å². The van der Waals surface area contributed by atoms with Crippen LogP contribution >= 0.6 is 11.6 Å². The number of likely N-dealkylation sites (N-methyl/N-ethyl adjacent to an activating group) is 2. The molecule has 1 aromatic carbocycles. The Kier molecular flexibility index (Phi) is 5.82. The van der Waals surface area contributed by atoms with Gasteiger partial charge in [-0.15, -0.1) is 0 Å². The molecule has 0 aliphatic rings. The third-order valence-corrected chi connectivity index (χ3v) is 5.39. The van der Waals surface area contributed by atoms with Crippen molar-refractivity contribution >= 4 is 27.3 Å². The number of nitrogens with zero attached hydrogens (tertiary/aromatic N) is 2. The maximum atomic E-state index is 12.7. The summed E-state index contributed by atoms with van der Waals surface area (Å²) in [6, 6.07) is 4.31. The summed E-state index contributed by atoms with van der Waals surface area (Å²) in [6.45, 7) is 4.73. The number of halogens is 1. The molecule has 0 radical (unpaired) electrons. The molecule has 0 saturated heterocycles. The molecule has 2 N–H and O–H groups in total. The second-order valence-corrected chi connectivity index (χ2v) is 7.30. The van der Waals surface area contributed by atoms with Gasteiger partial charge in [0, 0.05) is 24.2 Å². The van der Waals surface area contributed by atoms with Crippen molar-refractivity contribution in [3.63, 3.8) is 0 Å². The molecule has 0 aromatic heterocycles. The first-order chi connectivity index (χ1) is 9.20. The molecule has 0 heterocycles. The lowest BCUT2D eigenvalue weighted by atomic mass is 10.3. The Balaban J connectivity index is 3.18. The van der Waals surface area contributed by atoms with E-state index in [4.69, 9.17) is 17.3 Å². The number of benzene rings is 1. The fraction of sp³-hybridized carbons (Fsp3) is 0.538. The van der Waals surface area contributed by atoms with Crippen molar-refractivity contribution in [1.82, 2.24) is 9.21 Å². The van der Waals surface area contributed by atoms with Gasteiger partial charge in [-0.05, 0) is 39.2 Å². The maximum Gasteiger partial charge on any atom is 0.245 e. The Hall–Kier alpha value is -0.820. The summed E-state index contributed by atoms with van der Waals surface area (Å²) in [5.74, 6) is 0. The highest BCUT2D eigenvalue weighted by Gasteiger charge is 2.29. The summed E-state index contributed by atoms with van der Waals surface area (Å²) in [5, 5.41) is 0.422.